The monoisotopic (exact) mass is 249 g/mol. The van der Waals surface area contributed by atoms with Crippen molar-refractivity contribution in [1.29, 1.82) is 0 Å². The van der Waals surface area contributed by atoms with Crippen LogP contribution in [-0.2, 0) is 9.53 Å². The molecule has 3 nitrogen and oxygen atoms in total. The van der Waals surface area contributed by atoms with Crippen LogP contribution < -0.4 is 5.32 Å². The zero-order chi connectivity index (χ0) is 12.8. The molecule has 2 rings (SSSR count). The molecule has 1 aromatic carbocycles. The predicted octanol–water partition coefficient (Wildman–Crippen LogP) is 2.13. The second kappa shape index (κ2) is 6.31. The van der Waals surface area contributed by atoms with Crippen LogP contribution in [0.2, 0.25) is 0 Å². The van der Waals surface area contributed by atoms with Crippen molar-refractivity contribution in [3.8, 4) is 0 Å². The van der Waals surface area contributed by atoms with Crippen molar-refractivity contribution in [2.24, 2.45) is 0 Å². The van der Waals surface area contributed by atoms with Gasteiger partial charge in [-0.05, 0) is 25.0 Å². The van der Waals surface area contributed by atoms with Crippen LogP contribution >= 0.6 is 0 Å². The highest BCUT2D eigenvalue weighted by Crippen LogP contribution is 2.10. The number of benzene rings is 1. The van der Waals surface area contributed by atoms with Gasteiger partial charge < -0.3 is 10.1 Å². The summed E-state index contributed by atoms with van der Waals surface area (Å²) in [4.78, 5) is 11.5. The summed E-state index contributed by atoms with van der Waals surface area (Å²) in [5.41, 5.74) is 0.407. The molecule has 1 atom stereocenters. The highest BCUT2D eigenvalue weighted by Gasteiger charge is 2.15. The van der Waals surface area contributed by atoms with Gasteiger partial charge in [0.05, 0.1) is 6.10 Å². The van der Waals surface area contributed by atoms with Crippen molar-refractivity contribution in [3.05, 3.63) is 41.7 Å². The summed E-state index contributed by atoms with van der Waals surface area (Å²) in [7, 11) is 0. The van der Waals surface area contributed by atoms with Crippen molar-refractivity contribution in [3.63, 3.8) is 0 Å². The quantitative estimate of drug-likeness (QED) is 0.830. The molecule has 1 heterocycles. The van der Waals surface area contributed by atoms with Gasteiger partial charge in [0, 0.05) is 24.8 Å². The van der Waals surface area contributed by atoms with Gasteiger partial charge >= 0.3 is 0 Å². The van der Waals surface area contributed by atoms with Gasteiger partial charge in [-0.2, -0.15) is 0 Å². The summed E-state index contributed by atoms with van der Waals surface area (Å²) in [6.45, 7) is 1.28. The molecule has 0 saturated carbocycles. The van der Waals surface area contributed by atoms with Crippen LogP contribution in [0.15, 0.2) is 30.3 Å². The SMILES string of the molecule is O=C(/C=C/c1ccccc1F)NCC1CCCO1. The maximum Gasteiger partial charge on any atom is 0.244 e. The average Bonchev–Trinajstić information content (AvgIpc) is 2.88. The van der Waals surface area contributed by atoms with Gasteiger partial charge in [0.2, 0.25) is 5.91 Å². The van der Waals surface area contributed by atoms with E-state index in [-0.39, 0.29) is 17.8 Å². The molecule has 1 aromatic rings. The molecular weight excluding hydrogens is 233 g/mol. The Morgan fingerprint density at radius 2 is 2.33 bits per heavy atom. The molecule has 0 aromatic heterocycles. The number of rotatable bonds is 4. The lowest BCUT2D eigenvalue weighted by Gasteiger charge is -2.08. The van der Waals surface area contributed by atoms with Crippen LogP contribution in [-0.4, -0.2) is 25.2 Å². The van der Waals surface area contributed by atoms with Crippen LogP contribution in [0.25, 0.3) is 6.08 Å². The molecule has 1 aliphatic rings. The summed E-state index contributed by atoms with van der Waals surface area (Å²) < 4.78 is 18.7. The molecule has 1 amide bonds. The van der Waals surface area contributed by atoms with E-state index in [1.165, 1.54) is 18.2 Å². The maximum atomic E-state index is 13.3. The topological polar surface area (TPSA) is 38.3 Å². The Bertz CT molecular complexity index is 439. The van der Waals surface area contributed by atoms with Crippen molar-refractivity contribution in [2.45, 2.75) is 18.9 Å². The molecule has 1 aliphatic heterocycles. The van der Waals surface area contributed by atoms with Crippen molar-refractivity contribution in [1.82, 2.24) is 5.32 Å². The van der Waals surface area contributed by atoms with E-state index in [2.05, 4.69) is 5.32 Å². The minimum absolute atomic E-state index is 0.121. The third-order valence-electron chi connectivity index (χ3n) is 2.85. The first-order chi connectivity index (χ1) is 8.75. The van der Waals surface area contributed by atoms with E-state index in [1.54, 1.807) is 18.2 Å². The summed E-state index contributed by atoms with van der Waals surface area (Å²) >= 11 is 0. The van der Waals surface area contributed by atoms with Crippen molar-refractivity contribution < 1.29 is 13.9 Å². The molecule has 18 heavy (non-hydrogen) atoms. The van der Waals surface area contributed by atoms with Crippen molar-refractivity contribution in [2.75, 3.05) is 13.2 Å². The van der Waals surface area contributed by atoms with Crippen LogP contribution in [0.4, 0.5) is 4.39 Å². The first-order valence-corrected chi connectivity index (χ1v) is 6.08. The summed E-state index contributed by atoms with van der Waals surface area (Å²) in [6, 6.07) is 6.33. The smallest absolute Gasteiger partial charge is 0.244 e. The Morgan fingerprint density at radius 3 is 3.06 bits per heavy atom. The molecule has 1 N–H and O–H groups in total. The third kappa shape index (κ3) is 3.67. The second-order valence-corrected chi connectivity index (χ2v) is 4.24. The van der Waals surface area contributed by atoms with Crippen LogP contribution in [0.1, 0.15) is 18.4 Å². The van der Waals surface area contributed by atoms with Gasteiger partial charge in [-0.3, -0.25) is 4.79 Å². The van der Waals surface area contributed by atoms with Crippen molar-refractivity contribution >= 4 is 12.0 Å². The standard InChI is InChI=1S/C14H16FNO2/c15-13-6-2-1-4-11(13)7-8-14(17)16-10-12-5-3-9-18-12/h1-2,4,6-8,12H,3,5,9-10H2,(H,16,17)/b8-7+. The van der Waals surface area contributed by atoms with Gasteiger partial charge in [-0.15, -0.1) is 0 Å². The number of nitrogens with one attached hydrogen (secondary N) is 1. The number of hydrogen-bond donors (Lipinski definition) is 1. The molecule has 4 heteroatoms. The minimum Gasteiger partial charge on any atom is -0.376 e. The molecule has 96 valence electrons. The molecule has 1 fully saturated rings. The van der Waals surface area contributed by atoms with E-state index in [1.807, 2.05) is 0 Å². The molecular formula is C14H16FNO2. The van der Waals surface area contributed by atoms with Crippen LogP contribution in [0, 0.1) is 5.82 Å². The largest absolute Gasteiger partial charge is 0.376 e. The highest BCUT2D eigenvalue weighted by atomic mass is 19.1. The van der Waals surface area contributed by atoms with Gasteiger partial charge in [0.1, 0.15) is 5.82 Å². The first kappa shape index (κ1) is 12.8. The number of ether oxygens (including phenoxy) is 1. The highest BCUT2D eigenvalue weighted by molar-refractivity contribution is 5.91. The number of hydrogen-bond acceptors (Lipinski definition) is 2. The van der Waals surface area contributed by atoms with Gasteiger partial charge in [-0.1, -0.05) is 18.2 Å². The number of carbonyl (C=O) groups is 1. The predicted molar refractivity (Wildman–Crippen MR) is 67.4 cm³/mol. The van der Waals surface area contributed by atoms with Crippen LogP contribution in [0.5, 0.6) is 0 Å². The lowest BCUT2D eigenvalue weighted by Crippen LogP contribution is -2.30. The number of amides is 1. The third-order valence-corrected chi connectivity index (χ3v) is 2.85. The molecule has 0 radical (unpaired) electrons. The van der Waals surface area contributed by atoms with E-state index in [9.17, 15) is 9.18 Å². The fourth-order valence-corrected chi connectivity index (χ4v) is 1.85. The number of halogens is 1. The molecule has 0 bridgehead atoms. The maximum absolute atomic E-state index is 13.3. The lowest BCUT2D eigenvalue weighted by molar-refractivity contribution is -0.116. The molecule has 1 saturated heterocycles. The Morgan fingerprint density at radius 1 is 1.50 bits per heavy atom. The molecule has 1 unspecified atom stereocenters. The van der Waals surface area contributed by atoms with E-state index in [0.717, 1.165) is 19.4 Å². The Labute approximate surface area is 106 Å². The molecule has 0 spiro atoms. The average molecular weight is 249 g/mol. The fourth-order valence-electron chi connectivity index (χ4n) is 1.85. The van der Waals surface area contributed by atoms with Gasteiger partial charge in [0.15, 0.2) is 0 Å². The summed E-state index contributed by atoms with van der Waals surface area (Å²) in [5, 5.41) is 2.74. The normalized spacial score (nSPS) is 19.3. The second-order valence-electron chi connectivity index (χ2n) is 4.24. The Balaban J connectivity index is 1.81. The Hall–Kier alpha value is -1.68. The van der Waals surface area contributed by atoms with Gasteiger partial charge in [-0.25, -0.2) is 4.39 Å². The van der Waals surface area contributed by atoms with Crippen LogP contribution in [0.3, 0.4) is 0 Å². The first-order valence-electron chi connectivity index (χ1n) is 6.08. The number of carbonyl (C=O) groups excluding carboxylic acids is 1. The van der Waals surface area contributed by atoms with Gasteiger partial charge in [0.25, 0.3) is 0 Å². The Kier molecular flexibility index (Phi) is 4.47. The van der Waals surface area contributed by atoms with E-state index < -0.39 is 0 Å². The zero-order valence-corrected chi connectivity index (χ0v) is 10.1. The minimum atomic E-state index is -0.333. The van der Waals surface area contributed by atoms with E-state index in [0.29, 0.717) is 12.1 Å². The van der Waals surface area contributed by atoms with E-state index in [4.69, 9.17) is 4.74 Å². The summed E-state index contributed by atoms with van der Waals surface area (Å²) in [5.74, 6) is -0.561. The summed E-state index contributed by atoms with van der Waals surface area (Å²) in [6.07, 6.45) is 4.96. The fraction of sp³-hybridized carbons (Fsp3) is 0.357. The molecule has 0 aliphatic carbocycles. The zero-order valence-electron chi connectivity index (χ0n) is 10.1. The van der Waals surface area contributed by atoms with E-state index >= 15 is 0 Å². The lowest BCUT2D eigenvalue weighted by atomic mass is 10.2.